The molecule has 0 unspecified atom stereocenters. The van der Waals surface area contributed by atoms with E-state index < -0.39 is 0 Å². The van der Waals surface area contributed by atoms with Gasteiger partial charge in [-0.3, -0.25) is 4.90 Å². The van der Waals surface area contributed by atoms with E-state index in [0.717, 1.165) is 31.8 Å². The van der Waals surface area contributed by atoms with Crippen LogP contribution in [0.2, 0.25) is 0 Å². The fraction of sp³-hybridized carbons (Fsp3) is 0.600. The number of ether oxygens (including phenoxy) is 1. The normalized spacial score (nSPS) is 18.7. The van der Waals surface area contributed by atoms with Gasteiger partial charge in [-0.25, -0.2) is 0 Å². The van der Waals surface area contributed by atoms with Crippen LogP contribution in [0.4, 0.5) is 0 Å². The van der Waals surface area contributed by atoms with E-state index in [2.05, 4.69) is 30.9 Å². The van der Waals surface area contributed by atoms with E-state index in [-0.39, 0.29) is 5.54 Å². The van der Waals surface area contributed by atoms with Crippen molar-refractivity contribution in [1.29, 1.82) is 0 Å². The fourth-order valence-corrected chi connectivity index (χ4v) is 2.39. The van der Waals surface area contributed by atoms with E-state index >= 15 is 0 Å². The van der Waals surface area contributed by atoms with Gasteiger partial charge in [-0.05, 0) is 30.0 Å². The maximum absolute atomic E-state index is 6.28. The van der Waals surface area contributed by atoms with Gasteiger partial charge in [0, 0.05) is 25.2 Å². The van der Waals surface area contributed by atoms with Gasteiger partial charge < -0.3 is 10.5 Å². The molecule has 1 heterocycles. The Morgan fingerprint density at radius 2 is 1.89 bits per heavy atom. The highest BCUT2D eigenvalue weighted by molar-refractivity contribution is 5.27. The van der Waals surface area contributed by atoms with Crippen molar-refractivity contribution in [2.24, 2.45) is 11.7 Å². The summed E-state index contributed by atoms with van der Waals surface area (Å²) in [7, 11) is 1.70. The van der Waals surface area contributed by atoms with Gasteiger partial charge in [0.2, 0.25) is 0 Å². The first kappa shape index (κ1) is 13.4. The van der Waals surface area contributed by atoms with Crippen LogP contribution in [0.25, 0.3) is 0 Å². The maximum atomic E-state index is 6.28. The molecule has 0 aromatic heterocycles. The molecule has 0 radical (unpaired) electrons. The molecular weight excluding hydrogens is 224 g/mol. The molecule has 1 aromatic rings. The Hall–Kier alpha value is -1.06. The summed E-state index contributed by atoms with van der Waals surface area (Å²) >= 11 is 0. The van der Waals surface area contributed by atoms with Gasteiger partial charge in [-0.2, -0.15) is 0 Å². The zero-order valence-electron chi connectivity index (χ0n) is 11.6. The molecule has 0 atom stereocenters. The molecule has 0 bridgehead atoms. The number of nitrogens with two attached hydrogens (primary N) is 1. The highest BCUT2D eigenvalue weighted by atomic mass is 16.5. The third-order valence-corrected chi connectivity index (χ3v) is 4.06. The van der Waals surface area contributed by atoms with Crippen LogP contribution in [0.1, 0.15) is 19.4 Å². The molecule has 1 aliphatic heterocycles. The monoisotopic (exact) mass is 248 g/mol. The number of rotatable bonds is 5. The molecular formula is C15H24N2O. The second-order valence-electron chi connectivity index (χ2n) is 5.70. The first-order valence-corrected chi connectivity index (χ1v) is 6.68. The van der Waals surface area contributed by atoms with Crippen LogP contribution < -0.4 is 10.5 Å². The molecule has 0 saturated carbocycles. The molecule has 18 heavy (non-hydrogen) atoms. The second-order valence-corrected chi connectivity index (χ2v) is 5.70. The molecule has 100 valence electrons. The van der Waals surface area contributed by atoms with E-state index in [1.54, 1.807) is 7.11 Å². The smallest absolute Gasteiger partial charge is 0.118 e. The Morgan fingerprint density at radius 3 is 2.39 bits per heavy atom. The maximum Gasteiger partial charge on any atom is 0.118 e. The lowest BCUT2D eigenvalue weighted by molar-refractivity contribution is 0.0390. The van der Waals surface area contributed by atoms with Gasteiger partial charge in [-0.1, -0.05) is 26.0 Å². The largest absolute Gasteiger partial charge is 0.497 e. The van der Waals surface area contributed by atoms with Gasteiger partial charge in [0.1, 0.15) is 5.75 Å². The van der Waals surface area contributed by atoms with Crippen LogP contribution in [-0.2, 0) is 6.42 Å². The third-order valence-electron chi connectivity index (χ3n) is 4.06. The lowest BCUT2D eigenvalue weighted by atomic mass is 9.80. The number of methoxy groups -OCH3 is 1. The van der Waals surface area contributed by atoms with Gasteiger partial charge in [0.05, 0.1) is 7.11 Å². The van der Waals surface area contributed by atoms with E-state index in [4.69, 9.17) is 10.5 Å². The number of likely N-dealkylation sites (tertiary alicyclic amines) is 1. The average molecular weight is 248 g/mol. The summed E-state index contributed by atoms with van der Waals surface area (Å²) in [5, 5.41) is 0. The van der Waals surface area contributed by atoms with Crippen molar-refractivity contribution in [3.05, 3.63) is 29.8 Å². The predicted molar refractivity (Wildman–Crippen MR) is 74.9 cm³/mol. The van der Waals surface area contributed by atoms with Crippen LogP contribution in [0.3, 0.4) is 0 Å². The van der Waals surface area contributed by atoms with E-state index in [1.807, 2.05) is 12.1 Å². The molecule has 1 aliphatic rings. The molecule has 1 fully saturated rings. The number of hydrogen-bond donors (Lipinski definition) is 1. The van der Waals surface area contributed by atoms with Crippen molar-refractivity contribution in [2.45, 2.75) is 25.8 Å². The van der Waals surface area contributed by atoms with Crippen LogP contribution >= 0.6 is 0 Å². The fourth-order valence-electron chi connectivity index (χ4n) is 2.39. The Morgan fingerprint density at radius 1 is 1.28 bits per heavy atom. The minimum absolute atomic E-state index is 0.0416. The summed E-state index contributed by atoms with van der Waals surface area (Å²) in [4.78, 5) is 2.43. The molecule has 1 aromatic carbocycles. The van der Waals surface area contributed by atoms with Crippen molar-refractivity contribution in [2.75, 3.05) is 26.7 Å². The van der Waals surface area contributed by atoms with E-state index in [0.29, 0.717) is 5.92 Å². The zero-order chi connectivity index (χ0) is 13.2. The van der Waals surface area contributed by atoms with Crippen LogP contribution in [0.5, 0.6) is 5.75 Å². The number of nitrogens with zero attached hydrogens (tertiary/aromatic N) is 1. The predicted octanol–water partition coefficient (Wildman–Crippen LogP) is 1.91. The lowest BCUT2D eigenvalue weighted by Gasteiger charge is -2.50. The Balaban J connectivity index is 1.76. The summed E-state index contributed by atoms with van der Waals surface area (Å²) in [6, 6.07) is 8.31. The molecule has 2 N–H and O–H groups in total. The highest BCUT2D eigenvalue weighted by Crippen LogP contribution is 2.26. The van der Waals surface area contributed by atoms with Crippen molar-refractivity contribution < 1.29 is 4.74 Å². The van der Waals surface area contributed by atoms with E-state index in [9.17, 15) is 0 Å². The Labute approximate surface area is 110 Å². The lowest BCUT2D eigenvalue weighted by Crippen LogP contribution is -2.70. The number of hydrogen-bond acceptors (Lipinski definition) is 3. The molecule has 0 spiro atoms. The Kier molecular flexibility index (Phi) is 3.93. The van der Waals surface area contributed by atoms with E-state index in [1.165, 1.54) is 5.56 Å². The van der Waals surface area contributed by atoms with Crippen molar-refractivity contribution in [3.63, 3.8) is 0 Å². The molecule has 1 saturated heterocycles. The third kappa shape index (κ3) is 2.85. The average Bonchev–Trinajstić information content (AvgIpc) is 2.33. The van der Waals surface area contributed by atoms with Gasteiger partial charge in [0.25, 0.3) is 0 Å². The van der Waals surface area contributed by atoms with Gasteiger partial charge in [0.15, 0.2) is 0 Å². The SMILES string of the molecule is COc1ccc(CCN2CC(N)(C(C)C)C2)cc1. The van der Waals surface area contributed by atoms with Crippen molar-refractivity contribution in [1.82, 2.24) is 4.90 Å². The first-order chi connectivity index (χ1) is 8.53. The number of benzene rings is 1. The zero-order valence-corrected chi connectivity index (χ0v) is 11.6. The standard InChI is InChI=1S/C15H24N2O/c1-12(2)15(16)10-17(11-15)9-8-13-4-6-14(18-3)7-5-13/h4-7,12H,8-11,16H2,1-3H3. The molecule has 0 amide bonds. The summed E-state index contributed by atoms with van der Waals surface area (Å²) in [5.74, 6) is 1.48. The van der Waals surface area contributed by atoms with Gasteiger partial charge in [-0.15, -0.1) is 0 Å². The second kappa shape index (κ2) is 5.29. The summed E-state index contributed by atoms with van der Waals surface area (Å²) in [6.07, 6.45) is 1.08. The van der Waals surface area contributed by atoms with Gasteiger partial charge >= 0.3 is 0 Å². The summed E-state index contributed by atoms with van der Waals surface area (Å²) in [6.45, 7) is 7.57. The quantitative estimate of drug-likeness (QED) is 0.865. The molecule has 0 aliphatic carbocycles. The minimum atomic E-state index is 0.0416. The summed E-state index contributed by atoms with van der Waals surface area (Å²) in [5.41, 5.74) is 7.68. The van der Waals surface area contributed by atoms with Crippen LogP contribution in [0.15, 0.2) is 24.3 Å². The molecule has 3 heteroatoms. The summed E-state index contributed by atoms with van der Waals surface area (Å²) < 4.78 is 5.15. The topological polar surface area (TPSA) is 38.5 Å². The highest BCUT2D eigenvalue weighted by Gasteiger charge is 2.41. The first-order valence-electron chi connectivity index (χ1n) is 6.68. The van der Waals surface area contributed by atoms with Crippen molar-refractivity contribution in [3.8, 4) is 5.75 Å². The van der Waals surface area contributed by atoms with Crippen LogP contribution in [0, 0.1) is 5.92 Å². The van der Waals surface area contributed by atoms with Crippen molar-refractivity contribution >= 4 is 0 Å². The molecule has 2 rings (SSSR count). The van der Waals surface area contributed by atoms with Crippen LogP contribution in [-0.4, -0.2) is 37.2 Å². The minimum Gasteiger partial charge on any atom is -0.497 e. The Bertz CT molecular complexity index is 380. The molecule has 3 nitrogen and oxygen atoms in total.